The van der Waals surface area contributed by atoms with Crippen LogP contribution in [0.15, 0.2) is 53.4 Å². The summed E-state index contributed by atoms with van der Waals surface area (Å²) < 4.78 is 0. The summed E-state index contributed by atoms with van der Waals surface area (Å²) in [5.41, 5.74) is 2.67. The number of rotatable bonds is 4. The summed E-state index contributed by atoms with van der Waals surface area (Å²) >= 11 is 1.50. The molecule has 0 spiro atoms. The summed E-state index contributed by atoms with van der Waals surface area (Å²) in [6.07, 6.45) is 4.61. The Balaban J connectivity index is 1.50. The van der Waals surface area contributed by atoms with Crippen molar-refractivity contribution in [3.63, 3.8) is 0 Å². The van der Waals surface area contributed by atoms with Gasteiger partial charge in [0.25, 0.3) is 5.91 Å². The minimum atomic E-state index is -0.0835. The van der Waals surface area contributed by atoms with Gasteiger partial charge < -0.3 is 10.6 Å². The zero-order valence-electron chi connectivity index (χ0n) is 14.6. The van der Waals surface area contributed by atoms with Gasteiger partial charge in [0.05, 0.1) is 11.4 Å². The fraction of sp³-hybridized carbons (Fsp3) is 0.333. The van der Waals surface area contributed by atoms with Crippen LogP contribution in [0, 0.1) is 0 Å². The first-order chi connectivity index (χ1) is 12.7. The van der Waals surface area contributed by atoms with Gasteiger partial charge in [-0.2, -0.15) is 0 Å². The van der Waals surface area contributed by atoms with Crippen LogP contribution in [0.5, 0.6) is 0 Å². The summed E-state index contributed by atoms with van der Waals surface area (Å²) in [5.74, 6) is 0.326. The van der Waals surface area contributed by atoms with Gasteiger partial charge in [0, 0.05) is 22.4 Å². The lowest BCUT2D eigenvalue weighted by Gasteiger charge is -2.30. The summed E-state index contributed by atoms with van der Waals surface area (Å²) in [5, 5.41) is 5.99. The van der Waals surface area contributed by atoms with Crippen molar-refractivity contribution in [2.75, 3.05) is 17.6 Å². The molecule has 0 saturated heterocycles. The van der Waals surface area contributed by atoms with E-state index in [0.29, 0.717) is 17.9 Å². The highest BCUT2D eigenvalue weighted by Gasteiger charge is 2.35. The average molecular weight is 366 g/mol. The lowest BCUT2D eigenvalue weighted by molar-refractivity contribution is -0.113. The molecular weight excluding hydrogens is 344 g/mol. The third kappa shape index (κ3) is 3.36. The lowest BCUT2D eigenvalue weighted by atomic mass is 9.79. The minimum Gasteiger partial charge on any atom is -0.351 e. The zero-order valence-corrected chi connectivity index (χ0v) is 15.4. The number of amides is 2. The van der Waals surface area contributed by atoms with Gasteiger partial charge in [-0.3, -0.25) is 9.59 Å². The molecule has 4 nitrogen and oxygen atoms in total. The van der Waals surface area contributed by atoms with Crippen LogP contribution < -0.4 is 10.6 Å². The van der Waals surface area contributed by atoms with Gasteiger partial charge in [-0.05, 0) is 36.6 Å². The second kappa shape index (κ2) is 7.16. The number of nitrogens with one attached hydrogen (secondary N) is 2. The van der Waals surface area contributed by atoms with Crippen LogP contribution in [0.4, 0.5) is 5.69 Å². The highest BCUT2D eigenvalue weighted by atomic mass is 32.2. The van der Waals surface area contributed by atoms with Crippen molar-refractivity contribution < 1.29 is 9.59 Å². The largest absolute Gasteiger partial charge is 0.351 e. The number of hydrogen-bond donors (Lipinski definition) is 2. The van der Waals surface area contributed by atoms with Crippen molar-refractivity contribution in [1.82, 2.24) is 5.32 Å². The molecule has 0 bridgehead atoms. The third-order valence-corrected chi connectivity index (χ3v) is 6.48. The Morgan fingerprint density at radius 3 is 2.65 bits per heavy atom. The SMILES string of the molecule is O=C1CSc2ccc(C(=O)NCC3(c4ccccc4)CCCC3)cc2N1. The van der Waals surface area contributed by atoms with E-state index in [1.54, 1.807) is 6.07 Å². The fourth-order valence-corrected chi connectivity index (χ4v) is 4.78. The van der Waals surface area contributed by atoms with Crippen LogP contribution in [0.3, 0.4) is 0 Å². The van der Waals surface area contributed by atoms with Gasteiger partial charge in [0.2, 0.25) is 5.91 Å². The molecule has 0 radical (unpaired) electrons. The van der Waals surface area contributed by atoms with Crippen LogP contribution in [0.2, 0.25) is 0 Å². The maximum atomic E-state index is 12.7. The van der Waals surface area contributed by atoms with E-state index in [9.17, 15) is 9.59 Å². The number of hydrogen-bond acceptors (Lipinski definition) is 3. The highest BCUT2D eigenvalue weighted by Crippen LogP contribution is 2.40. The number of fused-ring (bicyclic) bond motifs is 1. The number of carbonyl (C=O) groups is 2. The molecule has 134 valence electrons. The topological polar surface area (TPSA) is 58.2 Å². The molecule has 2 amide bonds. The Bertz CT molecular complexity index is 829. The van der Waals surface area contributed by atoms with Gasteiger partial charge in [-0.15, -0.1) is 11.8 Å². The van der Waals surface area contributed by atoms with Crippen LogP contribution >= 0.6 is 11.8 Å². The molecule has 1 aliphatic carbocycles. The molecule has 1 heterocycles. The number of thioether (sulfide) groups is 1. The maximum Gasteiger partial charge on any atom is 0.251 e. The first kappa shape index (κ1) is 17.2. The van der Waals surface area contributed by atoms with Gasteiger partial charge >= 0.3 is 0 Å². The molecule has 2 aliphatic rings. The van der Waals surface area contributed by atoms with E-state index in [-0.39, 0.29) is 17.2 Å². The van der Waals surface area contributed by atoms with Crippen LogP contribution in [0.25, 0.3) is 0 Å². The first-order valence-corrected chi connectivity index (χ1v) is 10.1. The predicted octanol–water partition coefficient (Wildman–Crippen LogP) is 3.97. The van der Waals surface area contributed by atoms with Crippen LogP contribution in [0.1, 0.15) is 41.6 Å². The Hall–Kier alpha value is -2.27. The number of benzene rings is 2. The Morgan fingerprint density at radius 1 is 1.12 bits per heavy atom. The van der Waals surface area contributed by atoms with E-state index in [1.165, 1.54) is 30.2 Å². The smallest absolute Gasteiger partial charge is 0.251 e. The third-order valence-electron chi connectivity index (χ3n) is 5.41. The molecular formula is C21H22N2O2S. The minimum absolute atomic E-state index is 0.0194. The summed E-state index contributed by atoms with van der Waals surface area (Å²) in [4.78, 5) is 25.3. The van der Waals surface area contributed by atoms with Gasteiger partial charge in [-0.25, -0.2) is 0 Å². The Morgan fingerprint density at radius 2 is 1.88 bits per heavy atom. The van der Waals surface area contributed by atoms with E-state index in [1.807, 2.05) is 18.2 Å². The standard InChI is InChI=1S/C21H22N2O2S/c24-19-13-26-18-9-8-15(12-17(18)23-19)20(25)22-14-21(10-4-5-11-21)16-6-2-1-3-7-16/h1-3,6-9,12H,4-5,10-11,13-14H2,(H,22,25)(H,23,24). The van der Waals surface area contributed by atoms with Gasteiger partial charge in [0.1, 0.15) is 0 Å². The molecule has 2 N–H and O–H groups in total. The van der Waals surface area contributed by atoms with Crippen molar-refractivity contribution >= 4 is 29.3 Å². The van der Waals surface area contributed by atoms with E-state index in [2.05, 4.69) is 34.9 Å². The van der Waals surface area contributed by atoms with E-state index in [0.717, 1.165) is 23.4 Å². The van der Waals surface area contributed by atoms with Gasteiger partial charge in [0.15, 0.2) is 0 Å². The van der Waals surface area contributed by atoms with Crippen LogP contribution in [-0.2, 0) is 10.2 Å². The summed E-state index contributed by atoms with van der Waals surface area (Å²) in [6, 6.07) is 16.0. The predicted molar refractivity (Wildman–Crippen MR) is 105 cm³/mol. The monoisotopic (exact) mass is 366 g/mol. The molecule has 2 aromatic carbocycles. The van der Waals surface area contributed by atoms with Crippen molar-refractivity contribution in [2.24, 2.45) is 0 Å². The molecule has 0 unspecified atom stereocenters. The Kier molecular flexibility index (Phi) is 4.72. The average Bonchev–Trinajstić information content (AvgIpc) is 3.16. The van der Waals surface area contributed by atoms with Crippen LogP contribution in [-0.4, -0.2) is 24.1 Å². The zero-order chi connectivity index (χ0) is 18.0. The fourth-order valence-electron chi connectivity index (χ4n) is 3.99. The highest BCUT2D eigenvalue weighted by molar-refractivity contribution is 8.00. The second-order valence-corrected chi connectivity index (χ2v) is 8.10. The first-order valence-electron chi connectivity index (χ1n) is 9.07. The van der Waals surface area contributed by atoms with Crippen molar-refractivity contribution in [3.05, 3.63) is 59.7 Å². The van der Waals surface area contributed by atoms with E-state index in [4.69, 9.17) is 0 Å². The maximum absolute atomic E-state index is 12.7. The molecule has 0 aromatic heterocycles. The summed E-state index contributed by atoms with van der Waals surface area (Å²) in [7, 11) is 0. The molecule has 2 aromatic rings. The molecule has 5 heteroatoms. The molecule has 0 atom stereocenters. The summed E-state index contributed by atoms with van der Waals surface area (Å²) in [6.45, 7) is 0.647. The normalized spacial score (nSPS) is 18.1. The molecule has 1 saturated carbocycles. The number of carbonyl (C=O) groups excluding carboxylic acids is 2. The van der Waals surface area contributed by atoms with Crippen molar-refractivity contribution in [1.29, 1.82) is 0 Å². The number of anilines is 1. The quantitative estimate of drug-likeness (QED) is 0.861. The molecule has 4 rings (SSSR count). The molecule has 26 heavy (non-hydrogen) atoms. The van der Waals surface area contributed by atoms with E-state index >= 15 is 0 Å². The second-order valence-electron chi connectivity index (χ2n) is 7.08. The Labute approximate surface area is 157 Å². The lowest BCUT2D eigenvalue weighted by Crippen LogP contribution is -2.39. The molecule has 1 aliphatic heterocycles. The van der Waals surface area contributed by atoms with Crippen molar-refractivity contribution in [3.8, 4) is 0 Å². The molecule has 1 fully saturated rings. The van der Waals surface area contributed by atoms with Gasteiger partial charge in [-0.1, -0.05) is 43.2 Å². The van der Waals surface area contributed by atoms with E-state index < -0.39 is 0 Å². The van der Waals surface area contributed by atoms with Crippen molar-refractivity contribution in [2.45, 2.75) is 36.0 Å².